The molecule has 4 nitrogen and oxygen atoms in total. The molecule has 1 fully saturated rings. The van der Waals surface area contributed by atoms with Crippen LogP contribution < -0.4 is 0 Å². The van der Waals surface area contributed by atoms with Gasteiger partial charge in [0, 0.05) is 11.1 Å². The average molecular weight is 474 g/mol. The Morgan fingerprint density at radius 3 is 1.63 bits per heavy atom. The quantitative estimate of drug-likeness (QED) is 0.256. The molecule has 5 heteroatoms. The highest BCUT2D eigenvalue weighted by molar-refractivity contribution is 8.09. The van der Waals surface area contributed by atoms with Gasteiger partial charge in [0.2, 0.25) is 0 Å². The molecule has 2 heterocycles. The molecule has 0 bridgehead atoms. The van der Waals surface area contributed by atoms with Crippen LogP contribution in [0.4, 0.5) is 0 Å². The molecule has 3 spiro atoms. The molecule has 1 saturated heterocycles. The van der Waals surface area contributed by atoms with Crippen LogP contribution in [-0.2, 0) is 24.6 Å². The fraction of sp³-hybridized carbons (Fsp3) is 0.133. The fourth-order valence-corrected chi connectivity index (χ4v) is 8.50. The molecule has 4 aromatic carbocycles. The number of carbonyl (C=O) groups excluding carboxylic acids is 1. The predicted octanol–water partition coefficient (Wildman–Crippen LogP) is 5.88. The van der Waals surface area contributed by atoms with Gasteiger partial charge in [-0.15, -0.1) is 11.8 Å². The number of hydrogen-bond donors (Lipinski definition) is 0. The molecule has 35 heavy (non-hydrogen) atoms. The van der Waals surface area contributed by atoms with Gasteiger partial charge >= 0.3 is 5.97 Å². The first kappa shape index (κ1) is 19.5. The second-order valence-electron chi connectivity index (χ2n) is 9.30. The number of aliphatic imine (C=N–C) groups is 1. The van der Waals surface area contributed by atoms with Crippen molar-refractivity contribution in [1.82, 2.24) is 0 Å². The minimum atomic E-state index is -0.959. The smallest absolute Gasteiger partial charge is 0.393 e. The number of esters is 1. The Morgan fingerprint density at radius 2 is 1.14 bits per heavy atom. The van der Waals surface area contributed by atoms with E-state index in [1.165, 1.54) is 29.4 Å². The van der Waals surface area contributed by atoms with Crippen LogP contribution >= 0.6 is 11.8 Å². The summed E-state index contributed by atoms with van der Waals surface area (Å²) in [7, 11) is 1.37. The number of fused-ring (bicyclic) bond motifs is 12. The van der Waals surface area contributed by atoms with E-state index in [4.69, 9.17) is 14.5 Å². The SMILES string of the molecule is COC(=O)C1=NC2(SC23c2ccccc2-c2ccccc23)C2(O1)c1ccccc1-c1ccccc12. The van der Waals surface area contributed by atoms with Crippen molar-refractivity contribution < 1.29 is 14.3 Å². The van der Waals surface area contributed by atoms with Gasteiger partial charge in [-0.25, -0.2) is 9.79 Å². The molecule has 8 rings (SSSR count). The zero-order valence-corrected chi connectivity index (χ0v) is 19.6. The van der Waals surface area contributed by atoms with Crippen LogP contribution in [0.25, 0.3) is 22.3 Å². The Morgan fingerprint density at radius 1 is 0.714 bits per heavy atom. The highest BCUT2D eigenvalue weighted by Crippen LogP contribution is 2.86. The normalized spacial score (nSPS) is 22.3. The molecule has 0 radical (unpaired) electrons. The molecule has 4 aliphatic rings. The van der Waals surface area contributed by atoms with E-state index in [-0.39, 0.29) is 5.90 Å². The van der Waals surface area contributed by atoms with Gasteiger partial charge in [0.15, 0.2) is 10.5 Å². The van der Waals surface area contributed by atoms with E-state index in [0.717, 1.165) is 22.3 Å². The standard InChI is InChI=1S/C30H19NO3S/c1-33-27(32)26-31-30(28(34-26)22-14-6-2-10-18(22)19-11-3-7-15-23(19)28)29(35-30)24-16-8-4-12-20(24)21-13-5-9-17-25(21)29/h2-17H,1H3. The highest BCUT2D eigenvalue weighted by Gasteiger charge is 2.87. The van der Waals surface area contributed by atoms with Crippen LogP contribution in [0, 0.1) is 0 Å². The lowest BCUT2D eigenvalue weighted by atomic mass is 9.75. The number of nitrogens with zero attached hydrogens (tertiary/aromatic N) is 1. The van der Waals surface area contributed by atoms with Crippen LogP contribution in [0.5, 0.6) is 0 Å². The summed E-state index contributed by atoms with van der Waals surface area (Å²) in [5.74, 6) is -0.518. The highest BCUT2D eigenvalue weighted by atomic mass is 32.2. The Hall–Kier alpha value is -3.83. The van der Waals surface area contributed by atoms with E-state index in [1.807, 2.05) is 24.3 Å². The zero-order valence-electron chi connectivity index (χ0n) is 18.8. The van der Waals surface area contributed by atoms with E-state index in [0.29, 0.717) is 0 Å². The Labute approximate surface area is 206 Å². The number of thioether (sulfide) groups is 1. The monoisotopic (exact) mass is 473 g/mol. The average Bonchev–Trinajstić information content (AvgIpc) is 3.18. The van der Waals surface area contributed by atoms with Gasteiger partial charge < -0.3 is 9.47 Å². The molecule has 2 aliphatic heterocycles. The maximum absolute atomic E-state index is 12.9. The number of benzene rings is 4. The van der Waals surface area contributed by atoms with Gasteiger partial charge in [0.05, 0.1) is 7.11 Å². The van der Waals surface area contributed by atoms with E-state index in [9.17, 15) is 4.79 Å². The van der Waals surface area contributed by atoms with Crippen LogP contribution in [0.2, 0.25) is 0 Å². The molecular weight excluding hydrogens is 454 g/mol. The van der Waals surface area contributed by atoms with Crippen molar-refractivity contribution in [3.05, 3.63) is 119 Å². The Kier molecular flexibility index (Phi) is 3.47. The summed E-state index contributed by atoms with van der Waals surface area (Å²) in [5.41, 5.74) is 8.20. The number of ether oxygens (including phenoxy) is 2. The lowest BCUT2D eigenvalue weighted by molar-refractivity contribution is -0.134. The minimum absolute atomic E-state index is 0.0326. The molecule has 0 amide bonds. The largest absolute Gasteiger partial charge is 0.462 e. The predicted molar refractivity (Wildman–Crippen MR) is 136 cm³/mol. The summed E-state index contributed by atoms with van der Waals surface area (Å²) < 4.78 is 11.4. The third-order valence-corrected chi connectivity index (χ3v) is 9.71. The van der Waals surface area contributed by atoms with Crippen molar-refractivity contribution in [1.29, 1.82) is 0 Å². The van der Waals surface area contributed by atoms with Crippen molar-refractivity contribution in [3.8, 4) is 22.3 Å². The molecule has 4 aromatic rings. The summed E-state index contributed by atoms with van der Waals surface area (Å²) in [6.45, 7) is 0. The Bertz CT molecular complexity index is 1550. The zero-order chi connectivity index (χ0) is 23.4. The molecule has 0 saturated carbocycles. The van der Waals surface area contributed by atoms with Crippen molar-refractivity contribution in [2.45, 2.75) is 15.2 Å². The first-order valence-corrected chi connectivity index (χ1v) is 12.5. The van der Waals surface area contributed by atoms with Crippen molar-refractivity contribution in [3.63, 3.8) is 0 Å². The summed E-state index contributed by atoms with van der Waals surface area (Å²) in [6.07, 6.45) is 0. The molecule has 0 aromatic heterocycles. The lowest BCUT2D eigenvalue weighted by Gasteiger charge is -2.33. The van der Waals surface area contributed by atoms with Crippen molar-refractivity contribution in [2.75, 3.05) is 7.11 Å². The van der Waals surface area contributed by atoms with Crippen LogP contribution in [0.3, 0.4) is 0 Å². The molecule has 1 atom stereocenters. The molecular formula is C30H19NO3S. The van der Waals surface area contributed by atoms with Gasteiger partial charge in [-0.2, -0.15) is 0 Å². The topological polar surface area (TPSA) is 47.9 Å². The van der Waals surface area contributed by atoms with Gasteiger partial charge in [-0.05, 0) is 33.4 Å². The van der Waals surface area contributed by atoms with Crippen LogP contribution in [0.15, 0.2) is 102 Å². The number of hydrogen-bond acceptors (Lipinski definition) is 5. The van der Waals surface area contributed by atoms with Crippen LogP contribution in [-0.4, -0.2) is 23.8 Å². The Balaban J connectivity index is 1.50. The third-order valence-electron chi connectivity index (χ3n) is 7.89. The fourth-order valence-electron chi connectivity index (χ4n) is 6.59. The van der Waals surface area contributed by atoms with E-state index in [2.05, 4.69) is 72.8 Å². The summed E-state index contributed by atoms with van der Waals surface area (Å²) >= 11 is 1.78. The summed E-state index contributed by atoms with van der Waals surface area (Å²) in [5, 5.41) is 0. The summed E-state index contributed by atoms with van der Waals surface area (Å²) in [6, 6.07) is 33.8. The van der Waals surface area contributed by atoms with Crippen LogP contribution in [0.1, 0.15) is 22.3 Å². The van der Waals surface area contributed by atoms with Gasteiger partial charge in [-0.1, -0.05) is 97.1 Å². The number of rotatable bonds is 1. The maximum Gasteiger partial charge on any atom is 0.393 e. The van der Waals surface area contributed by atoms with Crippen molar-refractivity contribution in [2.24, 2.45) is 4.99 Å². The third kappa shape index (κ3) is 1.97. The maximum atomic E-state index is 12.9. The first-order valence-electron chi connectivity index (χ1n) is 11.6. The second kappa shape index (κ2) is 6.23. The summed E-state index contributed by atoms with van der Waals surface area (Å²) in [4.78, 5) is 17.3. The number of methoxy groups -OCH3 is 1. The molecule has 1 unspecified atom stereocenters. The number of carbonyl (C=O) groups is 1. The van der Waals surface area contributed by atoms with Gasteiger partial charge in [0.1, 0.15) is 4.75 Å². The molecule has 168 valence electrons. The lowest BCUT2D eigenvalue weighted by Crippen LogP contribution is -2.43. The van der Waals surface area contributed by atoms with Crippen molar-refractivity contribution >= 4 is 23.6 Å². The minimum Gasteiger partial charge on any atom is -0.462 e. The van der Waals surface area contributed by atoms with E-state index >= 15 is 0 Å². The van der Waals surface area contributed by atoms with E-state index in [1.54, 1.807) is 11.8 Å². The molecule has 0 N–H and O–H groups in total. The van der Waals surface area contributed by atoms with E-state index < -0.39 is 21.2 Å². The first-order chi connectivity index (χ1) is 17.2. The van der Waals surface area contributed by atoms with Gasteiger partial charge in [0.25, 0.3) is 5.90 Å². The molecule has 2 aliphatic carbocycles. The second-order valence-corrected chi connectivity index (χ2v) is 10.7. The van der Waals surface area contributed by atoms with Gasteiger partial charge in [-0.3, -0.25) is 0 Å².